The second-order valence-electron chi connectivity index (χ2n) is 3.98. The van der Waals surface area contributed by atoms with Gasteiger partial charge in [-0.05, 0) is 0 Å². The van der Waals surface area contributed by atoms with Crippen LogP contribution in [0.5, 0.6) is 0 Å². The first kappa shape index (κ1) is 12.3. The first-order chi connectivity index (χ1) is 7.97. The number of nitrogens with zero attached hydrogens (tertiary/aromatic N) is 1. The fraction of sp³-hybridized carbons (Fsp3) is 0.364. The van der Waals surface area contributed by atoms with Crippen LogP contribution in [-0.4, -0.2) is 22.6 Å². The Kier molecular flexibility index (Phi) is 3.33. The lowest BCUT2D eigenvalue weighted by molar-refractivity contribution is -0.128. The van der Waals surface area contributed by atoms with Crippen LogP contribution in [0.4, 0.5) is 13.2 Å². The molecule has 17 heavy (non-hydrogen) atoms. The van der Waals surface area contributed by atoms with E-state index >= 15 is 0 Å². The SMILES string of the molecule is O=C1CC(S)CN1Cc1c(F)cc(F)cc1F. The molecule has 0 aromatic heterocycles. The number of carbonyl (C=O) groups is 1. The number of rotatable bonds is 2. The van der Waals surface area contributed by atoms with Crippen LogP contribution in [0.2, 0.25) is 0 Å². The zero-order valence-corrected chi connectivity index (χ0v) is 9.68. The van der Waals surface area contributed by atoms with Crippen molar-refractivity contribution < 1.29 is 18.0 Å². The molecule has 0 bridgehead atoms. The molecule has 1 fully saturated rings. The first-order valence-electron chi connectivity index (χ1n) is 5.06. The topological polar surface area (TPSA) is 20.3 Å². The van der Waals surface area contributed by atoms with Crippen LogP contribution in [0.1, 0.15) is 12.0 Å². The summed E-state index contributed by atoms with van der Waals surface area (Å²) >= 11 is 4.14. The average Bonchev–Trinajstić information content (AvgIpc) is 2.51. The Hall–Kier alpha value is -1.17. The number of thiol groups is 1. The summed E-state index contributed by atoms with van der Waals surface area (Å²) in [6.45, 7) is 0.159. The summed E-state index contributed by atoms with van der Waals surface area (Å²) in [6.07, 6.45) is 0.257. The highest BCUT2D eigenvalue weighted by molar-refractivity contribution is 7.81. The number of halogens is 3. The fourth-order valence-electron chi connectivity index (χ4n) is 1.82. The van der Waals surface area contributed by atoms with Gasteiger partial charge in [-0.2, -0.15) is 12.6 Å². The molecule has 1 heterocycles. The summed E-state index contributed by atoms with van der Waals surface area (Å²) in [5, 5.41) is -0.117. The third kappa shape index (κ3) is 2.57. The molecule has 6 heteroatoms. The van der Waals surface area contributed by atoms with Crippen LogP contribution in [0, 0.1) is 17.5 Å². The van der Waals surface area contributed by atoms with Crippen molar-refractivity contribution in [2.45, 2.75) is 18.2 Å². The van der Waals surface area contributed by atoms with Crippen LogP contribution in [0.3, 0.4) is 0 Å². The Balaban J connectivity index is 2.22. The predicted octanol–water partition coefficient (Wildman–Crippen LogP) is 2.13. The van der Waals surface area contributed by atoms with Crippen molar-refractivity contribution in [3.63, 3.8) is 0 Å². The van der Waals surface area contributed by atoms with Gasteiger partial charge >= 0.3 is 0 Å². The molecule has 2 nitrogen and oxygen atoms in total. The van der Waals surface area contributed by atoms with E-state index in [9.17, 15) is 18.0 Å². The Morgan fingerprint density at radius 1 is 1.29 bits per heavy atom. The fourth-order valence-corrected chi connectivity index (χ4v) is 2.17. The molecule has 1 saturated heterocycles. The summed E-state index contributed by atoms with van der Waals surface area (Å²) in [7, 11) is 0. The van der Waals surface area contributed by atoms with Gasteiger partial charge in [-0.15, -0.1) is 0 Å². The number of carbonyl (C=O) groups excluding carboxylic acids is 1. The molecule has 1 aromatic carbocycles. The minimum atomic E-state index is -0.974. The molecular formula is C11H10F3NOS. The normalized spacial score (nSPS) is 20.1. The minimum Gasteiger partial charge on any atom is -0.337 e. The molecule has 1 aliphatic heterocycles. The maximum atomic E-state index is 13.4. The lowest BCUT2D eigenvalue weighted by atomic mass is 10.2. The van der Waals surface area contributed by atoms with Gasteiger partial charge in [0.25, 0.3) is 0 Å². The number of benzene rings is 1. The molecule has 1 aliphatic rings. The minimum absolute atomic E-state index is 0.117. The Morgan fingerprint density at radius 3 is 2.35 bits per heavy atom. The van der Waals surface area contributed by atoms with Gasteiger partial charge in [-0.3, -0.25) is 4.79 Å². The average molecular weight is 261 g/mol. The van der Waals surface area contributed by atoms with Crippen LogP contribution in [0.15, 0.2) is 12.1 Å². The monoisotopic (exact) mass is 261 g/mol. The molecule has 0 spiro atoms. The predicted molar refractivity (Wildman–Crippen MR) is 59.1 cm³/mol. The van der Waals surface area contributed by atoms with Crippen molar-refractivity contribution in [3.8, 4) is 0 Å². The van der Waals surface area contributed by atoms with Gasteiger partial charge in [0.2, 0.25) is 5.91 Å². The summed E-state index contributed by atoms with van der Waals surface area (Å²) in [4.78, 5) is 12.8. The van der Waals surface area contributed by atoms with Crippen molar-refractivity contribution >= 4 is 18.5 Å². The van der Waals surface area contributed by atoms with E-state index in [1.54, 1.807) is 0 Å². The van der Waals surface area contributed by atoms with Crippen LogP contribution < -0.4 is 0 Å². The van der Waals surface area contributed by atoms with E-state index in [4.69, 9.17) is 0 Å². The molecule has 0 aliphatic carbocycles. The highest BCUT2D eigenvalue weighted by atomic mass is 32.1. The smallest absolute Gasteiger partial charge is 0.224 e. The van der Waals surface area contributed by atoms with Gasteiger partial charge in [0.1, 0.15) is 17.5 Å². The van der Waals surface area contributed by atoms with Crippen molar-refractivity contribution in [2.24, 2.45) is 0 Å². The van der Waals surface area contributed by atoms with E-state index in [0.29, 0.717) is 18.7 Å². The van der Waals surface area contributed by atoms with Gasteiger partial charge < -0.3 is 4.90 Å². The van der Waals surface area contributed by atoms with Crippen molar-refractivity contribution in [1.82, 2.24) is 4.90 Å². The Morgan fingerprint density at radius 2 is 1.88 bits per heavy atom. The van der Waals surface area contributed by atoms with E-state index in [1.807, 2.05) is 0 Å². The zero-order chi connectivity index (χ0) is 12.6. The molecular weight excluding hydrogens is 251 g/mol. The van der Waals surface area contributed by atoms with Crippen LogP contribution >= 0.6 is 12.6 Å². The number of hydrogen-bond donors (Lipinski definition) is 1. The largest absolute Gasteiger partial charge is 0.337 e. The van der Waals surface area contributed by atoms with Crippen molar-refractivity contribution in [2.75, 3.05) is 6.54 Å². The molecule has 0 N–H and O–H groups in total. The van der Waals surface area contributed by atoms with Crippen molar-refractivity contribution in [3.05, 3.63) is 35.1 Å². The van der Waals surface area contributed by atoms with E-state index in [-0.39, 0.29) is 29.7 Å². The molecule has 0 saturated carbocycles. The molecule has 0 radical (unpaired) electrons. The van der Waals surface area contributed by atoms with Gasteiger partial charge in [0.05, 0.1) is 6.54 Å². The number of amides is 1. The first-order valence-corrected chi connectivity index (χ1v) is 5.58. The lowest BCUT2D eigenvalue weighted by Crippen LogP contribution is -2.26. The summed E-state index contributed by atoms with van der Waals surface area (Å²) in [6, 6.07) is 1.22. The third-order valence-corrected chi connectivity index (χ3v) is 2.99. The summed E-state index contributed by atoms with van der Waals surface area (Å²) in [5.41, 5.74) is -0.290. The van der Waals surface area contributed by atoms with Crippen LogP contribution in [-0.2, 0) is 11.3 Å². The highest BCUT2D eigenvalue weighted by Crippen LogP contribution is 2.22. The molecule has 2 rings (SSSR count). The standard InChI is InChI=1S/C11H10F3NOS/c12-6-1-9(13)8(10(14)2-6)5-15-4-7(17)3-11(15)16/h1-2,7,17H,3-5H2. The Bertz CT molecular complexity index is 443. The maximum Gasteiger partial charge on any atom is 0.224 e. The lowest BCUT2D eigenvalue weighted by Gasteiger charge is -2.16. The number of hydrogen-bond acceptors (Lipinski definition) is 2. The van der Waals surface area contributed by atoms with Gasteiger partial charge in [0, 0.05) is 35.9 Å². The molecule has 92 valence electrons. The molecule has 1 unspecified atom stereocenters. The Labute approximate surface area is 102 Å². The summed E-state index contributed by atoms with van der Waals surface area (Å²) < 4.78 is 39.4. The molecule has 1 amide bonds. The highest BCUT2D eigenvalue weighted by Gasteiger charge is 2.28. The number of likely N-dealkylation sites (tertiary alicyclic amines) is 1. The second-order valence-corrected chi connectivity index (χ2v) is 4.71. The van der Waals surface area contributed by atoms with Gasteiger partial charge in [0.15, 0.2) is 0 Å². The van der Waals surface area contributed by atoms with E-state index in [1.165, 1.54) is 4.90 Å². The van der Waals surface area contributed by atoms with Crippen molar-refractivity contribution in [1.29, 1.82) is 0 Å². The summed E-state index contributed by atoms with van der Waals surface area (Å²) in [5.74, 6) is -3.12. The zero-order valence-electron chi connectivity index (χ0n) is 8.79. The van der Waals surface area contributed by atoms with Gasteiger partial charge in [-0.25, -0.2) is 13.2 Å². The van der Waals surface area contributed by atoms with Gasteiger partial charge in [-0.1, -0.05) is 0 Å². The quantitative estimate of drug-likeness (QED) is 0.809. The third-order valence-electron chi connectivity index (χ3n) is 2.65. The van der Waals surface area contributed by atoms with E-state index < -0.39 is 17.5 Å². The van der Waals surface area contributed by atoms with E-state index in [0.717, 1.165) is 0 Å². The molecule has 1 aromatic rings. The van der Waals surface area contributed by atoms with Crippen LogP contribution in [0.25, 0.3) is 0 Å². The molecule has 1 atom stereocenters. The maximum absolute atomic E-state index is 13.4. The second kappa shape index (κ2) is 4.60. The van der Waals surface area contributed by atoms with E-state index in [2.05, 4.69) is 12.6 Å².